The molecule has 0 bridgehead atoms. The van der Waals surface area contributed by atoms with Gasteiger partial charge in [-0.2, -0.15) is 0 Å². The second-order valence-electron chi connectivity index (χ2n) is 3.27. The second kappa shape index (κ2) is 4.57. The molecule has 1 aromatic carbocycles. The van der Waals surface area contributed by atoms with E-state index in [-0.39, 0.29) is 4.90 Å². The van der Waals surface area contributed by atoms with Gasteiger partial charge in [0.05, 0.1) is 5.52 Å². The summed E-state index contributed by atoms with van der Waals surface area (Å²) in [4.78, 5) is 29.3. The third-order valence-corrected chi connectivity index (χ3v) is 2.60. The third-order valence-electron chi connectivity index (χ3n) is 2.11. The minimum Gasteiger partial charge on any atom is -0.464 e. The van der Waals surface area contributed by atoms with E-state index in [1.54, 1.807) is 18.2 Å². The topological polar surface area (TPSA) is 104 Å². The molecule has 2 rings (SSSR count). The third kappa shape index (κ3) is 2.23. The van der Waals surface area contributed by atoms with E-state index in [0.29, 0.717) is 10.9 Å². The lowest BCUT2D eigenvalue weighted by molar-refractivity contribution is 0.184. The molecule has 2 amide bonds. The number of hydrogen-bond donors (Lipinski definition) is 2. The van der Waals surface area contributed by atoms with Crippen molar-refractivity contribution < 1.29 is 19.8 Å². The fourth-order valence-electron chi connectivity index (χ4n) is 1.36. The molecule has 0 aliphatic heterocycles. The van der Waals surface area contributed by atoms with E-state index in [2.05, 4.69) is 25.9 Å². The van der Waals surface area contributed by atoms with Crippen molar-refractivity contribution in [2.45, 2.75) is 0 Å². The number of halogens is 1. The summed E-state index contributed by atoms with van der Waals surface area (Å²) in [5.41, 5.74) is 0.454. The first kappa shape index (κ1) is 12.2. The van der Waals surface area contributed by atoms with Crippen LogP contribution in [0.25, 0.3) is 10.9 Å². The molecule has 2 N–H and O–H groups in total. The van der Waals surface area contributed by atoms with Crippen molar-refractivity contribution in [2.75, 3.05) is 4.90 Å². The van der Waals surface area contributed by atoms with E-state index in [1.807, 2.05) is 0 Å². The van der Waals surface area contributed by atoms with Gasteiger partial charge in [0.25, 0.3) is 0 Å². The summed E-state index contributed by atoms with van der Waals surface area (Å²) in [7, 11) is 0. The van der Waals surface area contributed by atoms with Crippen LogP contribution in [0.4, 0.5) is 15.5 Å². The zero-order valence-corrected chi connectivity index (χ0v) is 10.3. The highest BCUT2D eigenvalue weighted by Gasteiger charge is 2.25. The van der Waals surface area contributed by atoms with Crippen molar-refractivity contribution in [1.29, 1.82) is 0 Å². The summed E-state index contributed by atoms with van der Waals surface area (Å²) >= 11 is 3.27. The normalized spacial score (nSPS) is 10.3. The van der Waals surface area contributed by atoms with Crippen LogP contribution < -0.4 is 4.90 Å². The maximum Gasteiger partial charge on any atom is 0.424 e. The number of imide groups is 1. The van der Waals surface area contributed by atoms with Crippen molar-refractivity contribution in [3.05, 3.63) is 28.9 Å². The van der Waals surface area contributed by atoms with Crippen molar-refractivity contribution in [2.24, 2.45) is 0 Å². The molecular formula is C10H6BrN3O4. The molecule has 2 aromatic rings. The average molecular weight is 312 g/mol. The van der Waals surface area contributed by atoms with Gasteiger partial charge in [0.15, 0.2) is 0 Å². The number of nitrogens with zero attached hydrogens (tertiary/aromatic N) is 3. The molecule has 1 heterocycles. The SMILES string of the molecule is O=C(O)N(C(=O)O)c1ncc2cc(Br)ccc2n1. The van der Waals surface area contributed by atoms with Crippen molar-refractivity contribution in [3.8, 4) is 0 Å². The molecule has 1 aromatic heterocycles. The van der Waals surface area contributed by atoms with E-state index >= 15 is 0 Å². The van der Waals surface area contributed by atoms with Crippen LogP contribution >= 0.6 is 15.9 Å². The maximum absolute atomic E-state index is 10.8. The van der Waals surface area contributed by atoms with Crippen LogP contribution in [0.2, 0.25) is 0 Å². The first-order valence-electron chi connectivity index (χ1n) is 4.67. The smallest absolute Gasteiger partial charge is 0.424 e. The molecule has 0 unspecified atom stereocenters. The molecule has 0 atom stereocenters. The molecule has 0 saturated heterocycles. The Morgan fingerprint density at radius 3 is 2.50 bits per heavy atom. The van der Waals surface area contributed by atoms with Gasteiger partial charge in [0.1, 0.15) is 0 Å². The molecule has 18 heavy (non-hydrogen) atoms. The van der Waals surface area contributed by atoms with Gasteiger partial charge < -0.3 is 10.2 Å². The molecule has 92 valence electrons. The Balaban J connectivity index is 2.55. The fourth-order valence-corrected chi connectivity index (χ4v) is 1.73. The van der Waals surface area contributed by atoms with Crippen LogP contribution in [0, 0.1) is 0 Å². The van der Waals surface area contributed by atoms with E-state index in [9.17, 15) is 9.59 Å². The number of benzene rings is 1. The van der Waals surface area contributed by atoms with E-state index in [0.717, 1.165) is 4.47 Å². The Morgan fingerprint density at radius 1 is 1.22 bits per heavy atom. The van der Waals surface area contributed by atoms with Gasteiger partial charge in [-0.3, -0.25) is 0 Å². The molecule has 0 spiro atoms. The number of carboxylic acid groups (broad SMARTS) is 2. The predicted molar refractivity (Wildman–Crippen MR) is 65.8 cm³/mol. The molecule has 0 aliphatic carbocycles. The summed E-state index contributed by atoms with van der Waals surface area (Å²) in [5.74, 6) is -0.398. The lowest BCUT2D eigenvalue weighted by Gasteiger charge is -2.11. The maximum atomic E-state index is 10.8. The Hall–Kier alpha value is -2.22. The standard InChI is InChI=1S/C10H6BrN3O4/c11-6-1-2-7-5(3-6)4-12-8(13-7)14(9(15)16)10(17)18/h1-4H,(H,15,16)(H,17,18). The van der Waals surface area contributed by atoms with Crippen LogP contribution in [0.15, 0.2) is 28.9 Å². The highest BCUT2D eigenvalue weighted by molar-refractivity contribution is 9.10. The van der Waals surface area contributed by atoms with E-state index in [1.165, 1.54) is 6.20 Å². The summed E-state index contributed by atoms with van der Waals surface area (Å²) in [5, 5.41) is 18.2. The number of carbonyl (C=O) groups is 2. The minimum absolute atomic E-state index is 0.0570. The lowest BCUT2D eigenvalue weighted by Crippen LogP contribution is -2.35. The Labute approximate surface area is 109 Å². The van der Waals surface area contributed by atoms with Crippen molar-refractivity contribution >= 4 is 45.0 Å². The second-order valence-corrected chi connectivity index (χ2v) is 4.19. The molecular weight excluding hydrogens is 306 g/mol. The number of rotatable bonds is 1. The number of amides is 2. The number of aromatic nitrogens is 2. The Morgan fingerprint density at radius 2 is 1.89 bits per heavy atom. The van der Waals surface area contributed by atoms with E-state index in [4.69, 9.17) is 10.2 Å². The number of anilines is 1. The van der Waals surface area contributed by atoms with Gasteiger partial charge in [0, 0.05) is 16.1 Å². The van der Waals surface area contributed by atoms with Gasteiger partial charge in [-0.15, -0.1) is 4.90 Å². The molecule has 0 radical (unpaired) electrons. The van der Waals surface area contributed by atoms with Crippen LogP contribution in [0.3, 0.4) is 0 Å². The molecule has 0 aliphatic rings. The van der Waals surface area contributed by atoms with Gasteiger partial charge in [0.2, 0.25) is 5.95 Å². The summed E-state index contributed by atoms with van der Waals surface area (Å²) in [6.45, 7) is 0. The zero-order chi connectivity index (χ0) is 13.3. The first-order valence-corrected chi connectivity index (χ1v) is 5.46. The lowest BCUT2D eigenvalue weighted by atomic mass is 10.2. The predicted octanol–water partition coefficient (Wildman–Crippen LogP) is 2.55. The van der Waals surface area contributed by atoms with Gasteiger partial charge in [-0.05, 0) is 18.2 Å². The van der Waals surface area contributed by atoms with Crippen LogP contribution in [-0.4, -0.2) is 32.4 Å². The van der Waals surface area contributed by atoms with Crippen molar-refractivity contribution in [3.63, 3.8) is 0 Å². The number of fused-ring (bicyclic) bond motifs is 1. The van der Waals surface area contributed by atoms with Crippen LogP contribution in [0.1, 0.15) is 0 Å². The highest BCUT2D eigenvalue weighted by atomic mass is 79.9. The van der Waals surface area contributed by atoms with Crippen molar-refractivity contribution in [1.82, 2.24) is 9.97 Å². The van der Waals surface area contributed by atoms with Gasteiger partial charge in [-0.25, -0.2) is 19.6 Å². The first-order chi connectivity index (χ1) is 8.49. The summed E-state index contributed by atoms with van der Waals surface area (Å²) < 4.78 is 0.819. The monoisotopic (exact) mass is 311 g/mol. The van der Waals surface area contributed by atoms with Crippen LogP contribution in [0.5, 0.6) is 0 Å². The Kier molecular flexibility index (Phi) is 3.11. The quantitative estimate of drug-likeness (QED) is 0.838. The minimum atomic E-state index is -1.65. The molecule has 7 nitrogen and oxygen atoms in total. The molecule has 0 saturated carbocycles. The van der Waals surface area contributed by atoms with Gasteiger partial charge >= 0.3 is 12.2 Å². The molecule has 0 fully saturated rings. The highest BCUT2D eigenvalue weighted by Crippen LogP contribution is 2.19. The van der Waals surface area contributed by atoms with Gasteiger partial charge in [-0.1, -0.05) is 15.9 Å². The Bertz CT molecular complexity index is 632. The van der Waals surface area contributed by atoms with Crippen LogP contribution in [-0.2, 0) is 0 Å². The fraction of sp³-hybridized carbons (Fsp3) is 0. The summed E-state index contributed by atoms with van der Waals surface area (Å²) in [6, 6.07) is 5.09. The van der Waals surface area contributed by atoms with E-state index < -0.39 is 18.1 Å². The largest absolute Gasteiger partial charge is 0.464 e. The summed E-state index contributed by atoms with van der Waals surface area (Å²) in [6.07, 6.45) is -1.95. The molecule has 8 heteroatoms. The zero-order valence-electron chi connectivity index (χ0n) is 8.74. The average Bonchev–Trinajstić information content (AvgIpc) is 2.28. The number of hydrogen-bond acceptors (Lipinski definition) is 4.